The van der Waals surface area contributed by atoms with E-state index in [1.165, 1.54) is 0 Å². The predicted molar refractivity (Wildman–Crippen MR) is 74.9 cm³/mol. The van der Waals surface area contributed by atoms with Crippen molar-refractivity contribution in [3.05, 3.63) is 35.9 Å². The Labute approximate surface area is 114 Å². The van der Waals surface area contributed by atoms with Gasteiger partial charge in [0, 0.05) is 19.5 Å². The highest BCUT2D eigenvalue weighted by Crippen LogP contribution is 2.13. The Balaban J connectivity index is 1.72. The molecule has 0 amide bonds. The van der Waals surface area contributed by atoms with Gasteiger partial charge in [-0.2, -0.15) is 0 Å². The summed E-state index contributed by atoms with van der Waals surface area (Å²) in [6, 6.07) is 9.09. The molecule has 1 aliphatic rings. The molecule has 4 heteroatoms. The van der Waals surface area contributed by atoms with Gasteiger partial charge in [0.25, 0.3) is 0 Å². The van der Waals surface area contributed by atoms with Crippen LogP contribution < -0.4 is 5.73 Å². The minimum Gasteiger partial charge on any atom is -0.379 e. The molecule has 19 heavy (non-hydrogen) atoms. The Hall–Kier alpha value is -1.23. The van der Waals surface area contributed by atoms with E-state index in [1.807, 2.05) is 30.3 Å². The van der Waals surface area contributed by atoms with Crippen molar-refractivity contribution in [2.24, 2.45) is 5.73 Å². The van der Waals surface area contributed by atoms with Gasteiger partial charge >= 0.3 is 0 Å². The zero-order chi connectivity index (χ0) is 13.5. The Morgan fingerprint density at radius 1 is 1.26 bits per heavy atom. The van der Waals surface area contributed by atoms with Crippen LogP contribution in [0.25, 0.3) is 0 Å². The molecule has 0 saturated carbocycles. The first kappa shape index (κ1) is 14.2. The third-order valence-corrected chi connectivity index (χ3v) is 3.51. The molecule has 1 atom stereocenters. The number of benzene rings is 1. The summed E-state index contributed by atoms with van der Waals surface area (Å²) in [5, 5.41) is 0. The van der Waals surface area contributed by atoms with Gasteiger partial charge in [0.15, 0.2) is 5.78 Å². The Morgan fingerprint density at radius 3 is 2.63 bits per heavy atom. The van der Waals surface area contributed by atoms with Crippen molar-refractivity contribution in [2.45, 2.75) is 18.9 Å². The van der Waals surface area contributed by atoms with Gasteiger partial charge < -0.3 is 10.5 Å². The summed E-state index contributed by atoms with van der Waals surface area (Å²) < 4.78 is 5.29. The molecule has 0 spiro atoms. The summed E-state index contributed by atoms with van der Waals surface area (Å²) in [6.07, 6.45) is 1.42. The van der Waals surface area contributed by atoms with Crippen molar-refractivity contribution in [1.82, 2.24) is 4.90 Å². The van der Waals surface area contributed by atoms with E-state index in [0.717, 1.165) is 44.8 Å². The Bertz CT molecular complexity index is 388. The van der Waals surface area contributed by atoms with Crippen LogP contribution in [-0.2, 0) is 9.53 Å². The molecule has 0 bridgehead atoms. The second kappa shape index (κ2) is 7.38. The molecule has 1 unspecified atom stereocenters. The molecule has 1 aliphatic heterocycles. The summed E-state index contributed by atoms with van der Waals surface area (Å²) in [7, 11) is 0. The monoisotopic (exact) mass is 262 g/mol. The van der Waals surface area contributed by atoms with Gasteiger partial charge in [0.1, 0.15) is 0 Å². The van der Waals surface area contributed by atoms with Crippen LogP contribution in [0, 0.1) is 0 Å². The van der Waals surface area contributed by atoms with Gasteiger partial charge in [-0.25, -0.2) is 0 Å². The van der Waals surface area contributed by atoms with Gasteiger partial charge in [-0.1, -0.05) is 30.3 Å². The zero-order valence-electron chi connectivity index (χ0n) is 11.3. The van der Waals surface area contributed by atoms with Crippen molar-refractivity contribution in [1.29, 1.82) is 0 Å². The fourth-order valence-corrected chi connectivity index (χ4v) is 2.30. The van der Waals surface area contributed by atoms with E-state index >= 15 is 0 Å². The van der Waals surface area contributed by atoms with Crippen molar-refractivity contribution in [3.8, 4) is 0 Å². The SMILES string of the molecule is NC(C(=O)CCCN1CCOCC1)c1ccccc1. The Morgan fingerprint density at radius 2 is 1.95 bits per heavy atom. The maximum atomic E-state index is 12.0. The lowest BCUT2D eigenvalue weighted by atomic mass is 10.0. The minimum atomic E-state index is -0.481. The number of morpholine rings is 1. The molecular formula is C15H22N2O2. The molecular weight excluding hydrogens is 240 g/mol. The predicted octanol–water partition coefficient (Wildman–Crippen LogP) is 1.37. The molecule has 1 aromatic rings. The lowest BCUT2D eigenvalue weighted by Gasteiger charge is -2.26. The van der Waals surface area contributed by atoms with Gasteiger partial charge in [-0.3, -0.25) is 9.69 Å². The summed E-state index contributed by atoms with van der Waals surface area (Å²) in [6.45, 7) is 4.50. The number of ketones is 1. The largest absolute Gasteiger partial charge is 0.379 e. The zero-order valence-corrected chi connectivity index (χ0v) is 11.3. The normalized spacial score (nSPS) is 18.2. The third kappa shape index (κ3) is 4.42. The summed E-state index contributed by atoms with van der Waals surface area (Å²) in [5.74, 6) is 0.124. The molecule has 4 nitrogen and oxygen atoms in total. The molecule has 1 saturated heterocycles. The van der Waals surface area contributed by atoms with E-state index in [4.69, 9.17) is 10.5 Å². The molecule has 2 N–H and O–H groups in total. The number of hydrogen-bond donors (Lipinski definition) is 1. The van der Waals surface area contributed by atoms with Gasteiger partial charge in [-0.05, 0) is 18.5 Å². The number of carbonyl (C=O) groups is 1. The highest BCUT2D eigenvalue weighted by atomic mass is 16.5. The van der Waals surface area contributed by atoms with Crippen LogP contribution in [0.4, 0.5) is 0 Å². The van der Waals surface area contributed by atoms with E-state index < -0.39 is 6.04 Å². The molecule has 0 aliphatic carbocycles. The second-order valence-corrected chi connectivity index (χ2v) is 4.91. The molecule has 1 fully saturated rings. The lowest BCUT2D eigenvalue weighted by molar-refractivity contribution is -0.120. The van der Waals surface area contributed by atoms with Crippen LogP contribution in [-0.4, -0.2) is 43.5 Å². The molecule has 1 aromatic carbocycles. The number of Topliss-reactive ketones (excluding diaryl/α,β-unsaturated/α-hetero) is 1. The maximum Gasteiger partial charge on any atom is 0.154 e. The van der Waals surface area contributed by atoms with Crippen molar-refractivity contribution in [3.63, 3.8) is 0 Å². The van der Waals surface area contributed by atoms with Crippen LogP contribution in [0.3, 0.4) is 0 Å². The van der Waals surface area contributed by atoms with Gasteiger partial charge in [0.05, 0.1) is 19.3 Å². The summed E-state index contributed by atoms with van der Waals surface area (Å²) in [5.41, 5.74) is 6.88. The van der Waals surface area contributed by atoms with Crippen molar-refractivity contribution < 1.29 is 9.53 Å². The van der Waals surface area contributed by atoms with E-state index in [0.29, 0.717) is 6.42 Å². The quantitative estimate of drug-likeness (QED) is 0.841. The van der Waals surface area contributed by atoms with E-state index in [-0.39, 0.29) is 5.78 Å². The van der Waals surface area contributed by atoms with Crippen LogP contribution in [0.5, 0.6) is 0 Å². The average Bonchev–Trinajstić information content (AvgIpc) is 2.48. The topological polar surface area (TPSA) is 55.6 Å². The first-order chi connectivity index (χ1) is 9.27. The lowest BCUT2D eigenvalue weighted by Crippen LogP contribution is -2.37. The molecule has 104 valence electrons. The van der Waals surface area contributed by atoms with Crippen LogP contribution in [0.15, 0.2) is 30.3 Å². The van der Waals surface area contributed by atoms with Gasteiger partial charge in [-0.15, -0.1) is 0 Å². The first-order valence-corrected chi connectivity index (χ1v) is 6.91. The van der Waals surface area contributed by atoms with Crippen molar-refractivity contribution >= 4 is 5.78 Å². The van der Waals surface area contributed by atoms with E-state index in [1.54, 1.807) is 0 Å². The Kier molecular flexibility index (Phi) is 5.51. The number of carbonyl (C=O) groups excluding carboxylic acids is 1. The number of ether oxygens (including phenoxy) is 1. The second-order valence-electron chi connectivity index (χ2n) is 4.91. The fourth-order valence-electron chi connectivity index (χ4n) is 2.30. The highest BCUT2D eigenvalue weighted by Gasteiger charge is 2.16. The number of nitrogens with two attached hydrogens (primary N) is 1. The highest BCUT2D eigenvalue weighted by molar-refractivity contribution is 5.85. The molecule has 0 aromatic heterocycles. The van der Waals surface area contributed by atoms with Crippen LogP contribution in [0.1, 0.15) is 24.4 Å². The maximum absolute atomic E-state index is 12.0. The summed E-state index contributed by atoms with van der Waals surface area (Å²) >= 11 is 0. The molecule has 0 radical (unpaired) electrons. The number of hydrogen-bond acceptors (Lipinski definition) is 4. The standard InChI is InChI=1S/C15H22N2O2/c16-15(13-5-2-1-3-6-13)14(18)7-4-8-17-9-11-19-12-10-17/h1-3,5-6,15H,4,7-12,16H2. The fraction of sp³-hybridized carbons (Fsp3) is 0.533. The third-order valence-electron chi connectivity index (χ3n) is 3.51. The average molecular weight is 262 g/mol. The van der Waals surface area contributed by atoms with Gasteiger partial charge in [0.2, 0.25) is 0 Å². The van der Waals surface area contributed by atoms with Crippen LogP contribution in [0.2, 0.25) is 0 Å². The number of nitrogens with zero attached hydrogens (tertiary/aromatic N) is 1. The van der Waals surface area contributed by atoms with Crippen molar-refractivity contribution in [2.75, 3.05) is 32.8 Å². The molecule has 1 heterocycles. The van der Waals surface area contributed by atoms with Crippen LogP contribution >= 0.6 is 0 Å². The number of rotatable bonds is 6. The molecule has 2 rings (SSSR count). The van der Waals surface area contributed by atoms with E-state index in [2.05, 4.69) is 4.90 Å². The smallest absolute Gasteiger partial charge is 0.154 e. The summed E-state index contributed by atoms with van der Waals surface area (Å²) in [4.78, 5) is 14.4. The first-order valence-electron chi connectivity index (χ1n) is 6.91. The minimum absolute atomic E-state index is 0.124. The van der Waals surface area contributed by atoms with E-state index in [9.17, 15) is 4.79 Å².